The fourth-order valence-corrected chi connectivity index (χ4v) is 3.90. The molecule has 0 aliphatic heterocycles. The van der Waals surface area contributed by atoms with E-state index in [0.717, 1.165) is 33.5 Å². The topological polar surface area (TPSA) is 80.5 Å². The van der Waals surface area contributed by atoms with Crippen LogP contribution in [0.3, 0.4) is 0 Å². The van der Waals surface area contributed by atoms with Gasteiger partial charge in [-0.1, -0.05) is 35.9 Å². The standard InChI is InChI=1S/C26H23N7S/c1-16-7-10-21(11-8-16)33-15-28-25(32-33)20-13-19-9-12-22(29-24(19)27-14-20)30-26(34)31-23-17(2)5-4-6-18(23)3/h4-15H,1-3H3,(H2,27,29,30,31,34). The summed E-state index contributed by atoms with van der Waals surface area (Å²) in [5, 5.41) is 12.4. The fraction of sp³-hybridized carbons (Fsp3) is 0.115. The second-order valence-corrected chi connectivity index (χ2v) is 8.57. The average molecular weight is 466 g/mol. The number of hydrogen-bond donors (Lipinski definition) is 2. The Morgan fingerprint density at radius 1 is 0.882 bits per heavy atom. The first-order valence-electron chi connectivity index (χ1n) is 10.9. The predicted octanol–water partition coefficient (Wildman–Crippen LogP) is 5.61. The first-order valence-corrected chi connectivity index (χ1v) is 11.3. The van der Waals surface area contributed by atoms with Crippen LogP contribution in [0, 0.1) is 20.8 Å². The number of aryl methyl sites for hydroxylation is 3. The monoisotopic (exact) mass is 465 g/mol. The number of aromatic nitrogens is 5. The Hall–Kier alpha value is -4.17. The first kappa shape index (κ1) is 21.7. The molecule has 3 aromatic heterocycles. The van der Waals surface area contributed by atoms with Crippen molar-refractivity contribution in [2.24, 2.45) is 0 Å². The maximum absolute atomic E-state index is 5.49. The van der Waals surface area contributed by atoms with E-state index in [0.29, 0.717) is 22.4 Å². The van der Waals surface area contributed by atoms with E-state index in [1.165, 1.54) is 5.56 Å². The van der Waals surface area contributed by atoms with Crippen LogP contribution in [0.2, 0.25) is 0 Å². The summed E-state index contributed by atoms with van der Waals surface area (Å²) in [7, 11) is 0. The molecule has 0 aliphatic rings. The van der Waals surface area contributed by atoms with Crippen LogP contribution in [-0.4, -0.2) is 29.8 Å². The highest BCUT2D eigenvalue weighted by Gasteiger charge is 2.10. The van der Waals surface area contributed by atoms with Crippen molar-refractivity contribution in [3.8, 4) is 17.1 Å². The Morgan fingerprint density at radius 3 is 2.41 bits per heavy atom. The minimum absolute atomic E-state index is 0.478. The van der Waals surface area contributed by atoms with E-state index in [4.69, 9.17) is 12.2 Å². The zero-order valence-electron chi connectivity index (χ0n) is 19.1. The average Bonchev–Trinajstić information content (AvgIpc) is 3.32. The van der Waals surface area contributed by atoms with Gasteiger partial charge in [0.25, 0.3) is 0 Å². The molecule has 8 heteroatoms. The Morgan fingerprint density at radius 2 is 1.65 bits per heavy atom. The summed E-state index contributed by atoms with van der Waals surface area (Å²) in [6, 6.07) is 20.1. The lowest BCUT2D eigenvalue weighted by atomic mass is 10.1. The van der Waals surface area contributed by atoms with Crippen molar-refractivity contribution in [3.63, 3.8) is 0 Å². The van der Waals surface area contributed by atoms with Gasteiger partial charge in [0.15, 0.2) is 16.6 Å². The quantitative estimate of drug-likeness (QED) is 0.334. The number of anilines is 2. The number of para-hydroxylation sites is 1. The molecule has 0 radical (unpaired) electrons. The Bertz CT molecular complexity index is 1490. The van der Waals surface area contributed by atoms with Crippen LogP contribution in [-0.2, 0) is 0 Å². The highest BCUT2D eigenvalue weighted by molar-refractivity contribution is 7.80. The summed E-state index contributed by atoms with van der Waals surface area (Å²) in [6.45, 7) is 6.15. The fourth-order valence-electron chi connectivity index (χ4n) is 3.69. The second-order valence-electron chi connectivity index (χ2n) is 8.16. The number of pyridine rings is 2. The van der Waals surface area contributed by atoms with Crippen molar-refractivity contribution in [2.45, 2.75) is 20.8 Å². The number of hydrogen-bond acceptors (Lipinski definition) is 5. The van der Waals surface area contributed by atoms with Gasteiger partial charge >= 0.3 is 0 Å². The van der Waals surface area contributed by atoms with Crippen LogP contribution in [0.25, 0.3) is 28.1 Å². The van der Waals surface area contributed by atoms with Crippen LogP contribution in [0.1, 0.15) is 16.7 Å². The Balaban J connectivity index is 1.34. The van der Waals surface area contributed by atoms with Gasteiger partial charge < -0.3 is 10.6 Å². The third-order valence-electron chi connectivity index (χ3n) is 5.55. The molecule has 2 aromatic carbocycles. The van der Waals surface area contributed by atoms with E-state index >= 15 is 0 Å². The van der Waals surface area contributed by atoms with Crippen molar-refractivity contribution < 1.29 is 0 Å². The molecule has 3 heterocycles. The maximum atomic E-state index is 5.49. The molecular formula is C26H23N7S. The third kappa shape index (κ3) is 4.49. The molecule has 5 aromatic rings. The van der Waals surface area contributed by atoms with Gasteiger partial charge in [0, 0.05) is 22.8 Å². The van der Waals surface area contributed by atoms with E-state index in [9.17, 15) is 0 Å². The molecule has 2 N–H and O–H groups in total. The third-order valence-corrected chi connectivity index (χ3v) is 5.76. The summed E-state index contributed by atoms with van der Waals surface area (Å²) >= 11 is 5.49. The van der Waals surface area contributed by atoms with E-state index in [1.807, 2.05) is 62.4 Å². The van der Waals surface area contributed by atoms with Gasteiger partial charge in [0.1, 0.15) is 12.1 Å². The largest absolute Gasteiger partial charge is 0.332 e. The van der Waals surface area contributed by atoms with E-state index in [2.05, 4.69) is 49.7 Å². The van der Waals surface area contributed by atoms with Gasteiger partial charge in [-0.2, -0.15) is 0 Å². The highest BCUT2D eigenvalue weighted by Crippen LogP contribution is 2.22. The zero-order valence-corrected chi connectivity index (χ0v) is 19.9. The van der Waals surface area contributed by atoms with Crippen molar-refractivity contribution in [2.75, 3.05) is 10.6 Å². The van der Waals surface area contributed by atoms with E-state index in [1.54, 1.807) is 17.2 Å². The molecule has 0 bridgehead atoms. The lowest BCUT2D eigenvalue weighted by molar-refractivity contribution is 0.881. The lowest BCUT2D eigenvalue weighted by Gasteiger charge is -2.14. The number of nitrogens with one attached hydrogen (secondary N) is 2. The van der Waals surface area contributed by atoms with Crippen molar-refractivity contribution in [3.05, 3.63) is 89.9 Å². The summed E-state index contributed by atoms with van der Waals surface area (Å²) in [5.41, 5.74) is 6.86. The van der Waals surface area contributed by atoms with Gasteiger partial charge in [-0.15, -0.1) is 5.10 Å². The van der Waals surface area contributed by atoms with E-state index in [-0.39, 0.29) is 0 Å². The highest BCUT2D eigenvalue weighted by atomic mass is 32.1. The number of thiocarbonyl (C=S) groups is 1. The lowest BCUT2D eigenvalue weighted by Crippen LogP contribution is -2.21. The van der Waals surface area contributed by atoms with Crippen LogP contribution in [0.15, 0.2) is 73.2 Å². The maximum Gasteiger partial charge on any atom is 0.183 e. The smallest absolute Gasteiger partial charge is 0.183 e. The van der Waals surface area contributed by atoms with Crippen LogP contribution < -0.4 is 10.6 Å². The van der Waals surface area contributed by atoms with Gasteiger partial charge in [0.2, 0.25) is 0 Å². The van der Waals surface area contributed by atoms with Crippen molar-refractivity contribution in [1.29, 1.82) is 0 Å². The first-order chi connectivity index (χ1) is 16.5. The summed E-state index contributed by atoms with van der Waals surface area (Å²) in [5.74, 6) is 1.23. The summed E-state index contributed by atoms with van der Waals surface area (Å²) in [4.78, 5) is 13.6. The van der Waals surface area contributed by atoms with Gasteiger partial charge in [-0.05, 0) is 74.4 Å². The zero-order chi connectivity index (χ0) is 23.7. The van der Waals surface area contributed by atoms with Gasteiger partial charge in [-0.25, -0.2) is 19.6 Å². The summed E-state index contributed by atoms with van der Waals surface area (Å²) < 4.78 is 1.76. The molecule has 0 fully saturated rings. The minimum Gasteiger partial charge on any atom is -0.332 e. The molecule has 7 nitrogen and oxygen atoms in total. The minimum atomic E-state index is 0.478. The summed E-state index contributed by atoms with van der Waals surface area (Å²) in [6.07, 6.45) is 3.45. The molecule has 0 spiro atoms. The molecule has 0 aliphatic carbocycles. The van der Waals surface area contributed by atoms with Crippen molar-refractivity contribution >= 4 is 39.9 Å². The molecule has 0 unspecified atom stereocenters. The molecule has 168 valence electrons. The van der Waals surface area contributed by atoms with Crippen LogP contribution in [0.5, 0.6) is 0 Å². The van der Waals surface area contributed by atoms with Crippen molar-refractivity contribution in [1.82, 2.24) is 24.7 Å². The molecule has 0 saturated heterocycles. The molecule has 0 atom stereocenters. The number of benzene rings is 2. The van der Waals surface area contributed by atoms with E-state index < -0.39 is 0 Å². The molecule has 0 amide bonds. The van der Waals surface area contributed by atoms with Crippen LogP contribution >= 0.6 is 12.2 Å². The number of nitrogens with zero attached hydrogens (tertiary/aromatic N) is 5. The Kier molecular flexibility index (Phi) is 5.73. The molecule has 5 rings (SSSR count). The number of fused-ring (bicyclic) bond motifs is 1. The molecule has 34 heavy (non-hydrogen) atoms. The normalized spacial score (nSPS) is 10.9. The predicted molar refractivity (Wildman–Crippen MR) is 140 cm³/mol. The van der Waals surface area contributed by atoms with Crippen LogP contribution in [0.4, 0.5) is 11.5 Å². The molecule has 0 saturated carbocycles. The van der Waals surface area contributed by atoms with Gasteiger partial charge in [0.05, 0.1) is 5.69 Å². The number of rotatable bonds is 4. The van der Waals surface area contributed by atoms with Gasteiger partial charge in [-0.3, -0.25) is 0 Å². The Labute approximate surface area is 202 Å². The SMILES string of the molecule is Cc1ccc(-n2cnc(-c3cnc4nc(NC(=S)Nc5c(C)cccc5C)ccc4c3)n2)cc1. The molecular weight excluding hydrogens is 442 g/mol. The second kappa shape index (κ2) is 8.99.